The maximum Gasteiger partial charge on any atom is 0.119 e. The van der Waals surface area contributed by atoms with Gasteiger partial charge in [-0.1, -0.05) is 18.2 Å². The molecule has 19 heavy (non-hydrogen) atoms. The summed E-state index contributed by atoms with van der Waals surface area (Å²) in [6.45, 7) is 4.22. The fourth-order valence-corrected chi connectivity index (χ4v) is 2.57. The second-order valence-corrected chi connectivity index (χ2v) is 5.48. The van der Waals surface area contributed by atoms with Crippen LogP contribution in [0.2, 0.25) is 0 Å². The summed E-state index contributed by atoms with van der Waals surface area (Å²) in [5.74, 6) is 0.883. The third-order valence-electron chi connectivity index (χ3n) is 3.09. The van der Waals surface area contributed by atoms with Gasteiger partial charge < -0.3 is 10.1 Å². The first-order valence-electron chi connectivity index (χ1n) is 6.27. The molecule has 0 bridgehead atoms. The van der Waals surface area contributed by atoms with E-state index in [2.05, 4.69) is 65.4 Å². The van der Waals surface area contributed by atoms with E-state index in [4.69, 9.17) is 4.74 Å². The van der Waals surface area contributed by atoms with Gasteiger partial charge in [-0.15, -0.1) is 0 Å². The largest absolute Gasteiger partial charge is 0.497 e. The van der Waals surface area contributed by atoms with Crippen molar-refractivity contribution in [3.8, 4) is 5.75 Å². The second kappa shape index (κ2) is 6.11. The van der Waals surface area contributed by atoms with E-state index in [1.54, 1.807) is 7.11 Å². The molecule has 0 aliphatic carbocycles. The van der Waals surface area contributed by atoms with Crippen LogP contribution in [0.5, 0.6) is 5.75 Å². The summed E-state index contributed by atoms with van der Waals surface area (Å²) in [5, 5.41) is 3.50. The highest BCUT2D eigenvalue weighted by Gasteiger charge is 2.08. The average Bonchev–Trinajstić information content (AvgIpc) is 2.42. The van der Waals surface area contributed by atoms with Gasteiger partial charge in [0.15, 0.2) is 0 Å². The number of methoxy groups -OCH3 is 1. The Kier molecular flexibility index (Phi) is 4.48. The molecule has 1 atom stereocenters. The zero-order valence-corrected chi connectivity index (χ0v) is 13.0. The summed E-state index contributed by atoms with van der Waals surface area (Å²) < 4.78 is 6.34. The van der Waals surface area contributed by atoms with Crippen molar-refractivity contribution in [1.29, 1.82) is 0 Å². The van der Waals surface area contributed by atoms with Gasteiger partial charge in [0.2, 0.25) is 0 Å². The number of hydrogen-bond donors (Lipinski definition) is 1. The lowest BCUT2D eigenvalue weighted by Crippen LogP contribution is -2.07. The molecule has 2 aromatic rings. The predicted molar refractivity (Wildman–Crippen MR) is 83.9 cm³/mol. The van der Waals surface area contributed by atoms with Crippen LogP contribution in [0.25, 0.3) is 0 Å². The van der Waals surface area contributed by atoms with Gasteiger partial charge in [0.1, 0.15) is 5.75 Å². The van der Waals surface area contributed by atoms with Gasteiger partial charge >= 0.3 is 0 Å². The van der Waals surface area contributed by atoms with Crippen LogP contribution in [0.4, 0.5) is 5.69 Å². The van der Waals surface area contributed by atoms with Crippen LogP contribution in [0.1, 0.15) is 24.1 Å². The summed E-state index contributed by atoms with van der Waals surface area (Å²) in [4.78, 5) is 0. The standard InChI is InChI=1S/C16H18BrNO/c1-11-7-8-16(15(17)9-11)18-12(2)13-5-4-6-14(10-13)19-3/h4-10,12,18H,1-3H3. The Morgan fingerprint density at radius 2 is 1.95 bits per heavy atom. The molecule has 0 amide bonds. The van der Waals surface area contributed by atoms with Crippen molar-refractivity contribution in [2.45, 2.75) is 19.9 Å². The van der Waals surface area contributed by atoms with Crippen LogP contribution in [-0.4, -0.2) is 7.11 Å². The first-order valence-corrected chi connectivity index (χ1v) is 7.06. The Balaban J connectivity index is 2.17. The predicted octanol–water partition coefficient (Wildman–Crippen LogP) is 4.94. The Bertz CT molecular complexity index is 568. The van der Waals surface area contributed by atoms with Crippen molar-refractivity contribution in [2.75, 3.05) is 12.4 Å². The molecule has 2 rings (SSSR count). The molecule has 1 unspecified atom stereocenters. The van der Waals surface area contributed by atoms with Crippen molar-refractivity contribution >= 4 is 21.6 Å². The molecule has 0 fully saturated rings. The van der Waals surface area contributed by atoms with Gasteiger partial charge in [-0.25, -0.2) is 0 Å². The lowest BCUT2D eigenvalue weighted by Gasteiger charge is -2.17. The molecule has 0 saturated carbocycles. The normalized spacial score (nSPS) is 12.0. The molecule has 0 spiro atoms. The number of benzene rings is 2. The maximum absolute atomic E-state index is 5.26. The maximum atomic E-state index is 5.26. The summed E-state index contributed by atoms with van der Waals surface area (Å²) in [6.07, 6.45) is 0. The van der Waals surface area contributed by atoms with Crippen LogP contribution in [0.15, 0.2) is 46.9 Å². The van der Waals surface area contributed by atoms with Gasteiger partial charge in [-0.2, -0.15) is 0 Å². The summed E-state index contributed by atoms with van der Waals surface area (Å²) in [6, 6.07) is 14.6. The number of hydrogen-bond acceptors (Lipinski definition) is 2. The first-order chi connectivity index (χ1) is 9.10. The third-order valence-corrected chi connectivity index (χ3v) is 3.75. The zero-order valence-electron chi connectivity index (χ0n) is 11.4. The molecule has 2 aromatic carbocycles. The van der Waals surface area contributed by atoms with Gasteiger partial charge in [0, 0.05) is 16.2 Å². The van der Waals surface area contributed by atoms with E-state index in [1.165, 1.54) is 11.1 Å². The van der Waals surface area contributed by atoms with Crippen LogP contribution in [0, 0.1) is 6.92 Å². The fraction of sp³-hybridized carbons (Fsp3) is 0.250. The molecule has 2 nitrogen and oxygen atoms in total. The second-order valence-electron chi connectivity index (χ2n) is 4.63. The molecule has 0 radical (unpaired) electrons. The minimum absolute atomic E-state index is 0.217. The lowest BCUT2D eigenvalue weighted by atomic mass is 10.1. The van der Waals surface area contributed by atoms with Crippen molar-refractivity contribution in [2.24, 2.45) is 0 Å². The van der Waals surface area contributed by atoms with Crippen LogP contribution >= 0.6 is 15.9 Å². The SMILES string of the molecule is COc1cccc(C(C)Nc2ccc(C)cc2Br)c1. The van der Waals surface area contributed by atoms with E-state index >= 15 is 0 Å². The van der Waals surface area contributed by atoms with Gasteiger partial charge in [-0.05, 0) is 65.2 Å². The number of rotatable bonds is 4. The van der Waals surface area contributed by atoms with E-state index < -0.39 is 0 Å². The van der Waals surface area contributed by atoms with Gasteiger partial charge in [-0.3, -0.25) is 0 Å². The van der Waals surface area contributed by atoms with E-state index in [9.17, 15) is 0 Å². The molecule has 0 heterocycles. The van der Waals surface area contributed by atoms with Crippen LogP contribution < -0.4 is 10.1 Å². The minimum atomic E-state index is 0.217. The average molecular weight is 320 g/mol. The van der Waals surface area contributed by atoms with Crippen molar-refractivity contribution in [3.63, 3.8) is 0 Å². The third kappa shape index (κ3) is 3.51. The molecule has 100 valence electrons. The summed E-state index contributed by atoms with van der Waals surface area (Å²) in [5.41, 5.74) is 3.54. The molecular weight excluding hydrogens is 302 g/mol. The van der Waals surface area contributed by atoms with Crippen LogP contribution in [-0.2, 0) is 0 Å². The lowest BCUT2D eigenvalue weighted by molar-refractivity contribution is 0.414. The number of aryl methyl sites for hydroxylation is 1. The van der Waals surface area contributed by atoms with Crippen LogP contribution in [0.3, 0.4) is 0 Å². The molecular formula is C16H18BrNO. The van der Waals surface area contributed by atoms with E-state index in [0.29, 0.717) is 0 Å². The highest BCUT2D eigenvalue weighted by molar-refractivity contribution is 9.10. The monoisotopic (exact) mass is 319 g/mol. The van der Waals surface area contributed by atoms with Crippen molar-refractivity contribution < 1.29 is 4.74 Å². The number of ether oxygens (including phenoxy) is 1. The Morgan fingerprint density at radius 3 is 2.63 bits per heavy atom. The number of anilines is 1. The topological polar surface area (TPSA) is 21.3 Å². The fourth-order valence-electron chi connectivity index (χ4n) is 1.96. The van der Waals surface area contributed by atoms with Crippen molar-refractivity contribution in [3.05, 3.63) is 58.1 Å². The smallest absolute Gasteiger partial charge is 0.119 e. The van der Waals surface area contributed by atoms with E-state index in [1.807, 2.05) is 12.1 Å². The quantitative estimate of drug-likeness (QED) is 0.861. The number of halogens is 1. The summed E-state index contributed by atoms with van der Waals surface area (Å²) in [7, 11) is 1.69. The van der Waals surface area contributed by atoms with Crippen molar-refractivity contribution in [1.82, 2.24) is 0 Å². The van der Waals surface area contributed by atoms with Gasteiger partial charge in [0.25, 0.3) is 0 Å². The molecule has 3 heteroatoms. The van der Waals surface area contributed by atoms with Gasteiger partial charge in [0.05, 0.1) is 7.11 Å². The molecule has 0 aliphatic rings. The zero-order chi connectivity index (χ0) is 13.8. The van der Waals surface area contributed by atoms with E-state index in [0.717, 1.165) is 15.9 Å². The summed E-state index contributed by atoms with van der Waals surface area (Å²) >= 11 is 3.59. The highest BCUT2D eigenvalue weighted by atomic mass is 79.9. The minimum Gasteiger partial charge on any atom is -0.497 e. The number of nitrogens with one attached hydrogen (secondary N) is 1. The molecule has 0 aromatic heterocycles. The Labute approximate surface area is 122 Å². The molecule has 0 aliphatic heterocycles. The molecule has 1 N–H and O–H groups in total. The Morgan fingerprint density at radius 1 is 1.16 bits per heavy atom. The van der Waals surface area contributed by atoms with E-state index in [-0.39, 0.29) is 6.04 Å². The first kappa shape index (κ1) is 13.9. The highest BCUT2D eigenvalue weighted by Crippen LogP contribution is 2.28. The Hall–Kier alpha value is -1.48. The molecule has 0 saturated heterocycles.